The molecule has 0 saturated carbocycles. The smallest absolute Gasteiger partial charge is 1.00 e. The molecule has 3 N–H and O–H groups in total. The summed E-state index contributed by atoms with van der Waals surface area (Å²) in [5, 5.41) is 0. The SMILES string of the molecule is O.OCl.[AlH3].[H-].[Li+]. The first-order valence-electron chi connectivity index (χ1n) is 0.169. The van der Waals surface area contributed by atoms with E-state index in [0.717, 1.165) is 0 Å². The van der Waals surface area contributed by atoms with E-state index < -0.39 is 0 Å². The van der Waals surface area contributed by atoms with Crippen molar-refractivity contribution < 1.29 is 30.4 Å². The number of halogens is 1. The Morgan fingerprint density at radius 3 is 1.40 bits per heavy atom. The van der Waals surface area contributed by atoms with Crippen molar-refractivity contribution >= 4 is 29.2 Å². The Balaban J connectivity index is -0.000000000833. The molecule has 0 saturated heterocycles. The summed E-state index contributed by atoms with van der Waals surface area (Å²) in [7, 11) is 0. The maximum atomic E-state index is 6.47. The molecule has 2 nitrogen and oxygen atoms in total. The van der Waals surface area contributed by atoms with E-state index in [9.17, 15) is 0 Å². The van der Waals surface area contributed by atoms with Crippen molar-refractivity contribution in [2.75, 3.05) is 0 Å². The van der Waals surface area contributed by atoms with Gasteiger partial charge in [0.15, 0.2) is 17.4 Å². The molecule has 0 aromatic rings. The van der Waals surface area contributed by atoms with Crippen LogP contribution in [-0.4, -0.2) is 27.5 Å². The van der Waals surface area contributed by atoms with Crippen LogP contribution in [0.5, 0.6) is 0 Å². The van der Waals surface area contributed by atoms with E-state index in [-0.39, 0.29) is 43.1 Å². The first-order chi connectivity index (χ1) is 1.00. The fourth-order valence-electron chi connectivity index (χ4n) is 0. The van der Waals surface area contributed by atoms with Crippen LogP contribution in [0.25, 0.3) is 0 Å². The number of hydrogen-bond donors (Lipinski definition) is 1. The zero-order valence-electron chi connectivity index (χ0n) is 3.33. The van der Waals surface area contributed by atoms with Crippen molar-refractivity contribution in [3.8, 4) is 0 Å². The monoisotopic (exact) mass is 108 g/mol. The fourth-order valence-corrected chi connectivity index (χ4v) is 0. The molecule has 0 heterocycles. The van der Waals surface area contributed by atoms with Gasteiger partial charge in [-0.15, -0.1) is 0 Å². The van der Waals surface area contributed by atoms with Crippen LogP contribution < -0.4 is 18.9 Å². The van der Waals surface area contributed by atoms with Crippen molar-refractivity contribution in [2.45, 2.75) is 0 Å². The summed E-state index contributed by atoms with van der Waals surface area (Å²) in [6, 6.07) is 0. The van der Waals surface area contributed by atoms with Gasteiger partial charge in [-0.3, -0.25) is 4.66 Å². The van der Waals surface area contributed by atoms with Crippen molar-refractivity contribution in [3.63, 3.8) is 0 Å². The Bertz CT molecular complexity index is 13.5. The molecule has 30 valence electrons. The van der Waals surface area contributed by atoms with E-state index >= 15 is 0 Å². The van der Waals surface area contributed by atoms with Crippen molar-refractivity contribution in [3.05, 3.63) is 0 Å². The van der Waals surface area contributed by atoms with Gasteiger partial charge in [0.25, 0.3) is 0 Å². The molecule has 0 rings (SSSR count). The van der Waals surface area contributed by atoms with E-state index in [1.807, 2.05) is 0 Å². The van der Waals surface area contributed by atoms with Gasteiger partial charge < -0.3 is 6.90 Å². The molecule has 0 unspecified atom stereocenters. The minimum atomic E-state index is 0. The van der Waals surface area contributed by atoms with E-state index in [1.165, 1.54) is 0 Å². The maximum Gasteiger partial charge on any atom is 1.00 e. The molecule has 5 heteroatoms. The van der Waals surface area contributed by atoms with Gasteiger partial charge in [0.05, 0.1) is 11.9 Å². The number of rotatable bonds is 0. The van der Waals surface area contributed by atoms with Gasteiger partial charge in [0.1, 0.15) is 0 Å². The third-order valence-electron chi connectivity index (χ3n) is 0. The van der Waals surface area contributed by atoms with Gasteiger partial charge in [-0.2, -0.15) is 0 Å². The summed E-state index contributed by atoms with van der Waals surface area (Å²) in [5.41, 5.74) is 0. The largest absolute Gasteiger partial charge is 1.00 e. The van der Waals surface area contributed by atoms with Gasteiger partial charge in [-0.1, -0.05) is 0 Å². The van der Waals surface area contributed by atoms with Crippen LogP contribution in [0.4, 0.5) is 0 Å². The van der Waals surface area contributed by atoms with Crippen molar-refractivity contribution in [1.29, 1.82) is 0 Å². The average molecular weight is 108 g/mol. The minimum Gasteiger partial charge on any atom is -1.00 e. The second kappa shape index (κ2) is 56.0. The quantitative estimate of drug-likeness (QED) is 0.311. The molecule has 0 bridgehead atoms. The predicted octanol–water partition coefficient (Wildman–Crippen LogP) is -4.76. The Kier molecular flexibility index (Phi) is 370. The van der Waals surface area contributed by atoms with Gasteiger partial charge >= 0.3 is 18.9 Å². The molecule has 0 atom stereocenters. The Hall–Kier alpha value is 1.34. The van der Waals surface area contributed by atoms with Crippen LogP contribution in [0, 0.1) is 0 Å². The Morgan fingerprint density at radius 1 is 1.40 bits per heavy atom. The summed E-state index contributed by atoms with van der Waals surface area (Å²) in [6.07, 6.45) is 0. The molecule has 5 heavy (non-hydrogen) atoms. The van der Waals surface area contributed by atoms with Gasteiger partial charge in [-0.25, -0.2) is 0 Å². The first kappa shape index (κ1) is 33.0. The second-order valence-corrected chi connectivity index (χ2v) is 0. The first-order valence-corrected chi connectivity index (χ1v) is 0.507. The summed E-state index contributed by atoms with van der Waals surface area (Å²) < 4.78 is 6.47. The molecule has 0 aliphatic heterocycles. The van der Waals surface area contributed by atoms with Gasteiger partial charge in [0, 0.05) is 0 Å². The number of hydrogen-bond acceptors (Lipinski definition) is 1. The second-order valence-electron chi connectivity index (χ2n) is 0. The van der Waals surface area contributed by atoms with E-state index in [0.29, 0.717) is 0 Å². The summed E-state index contributed by atoms with van der Waals surface area (Å²) >= 11 is 3.64. The third-order valence-corrected chi connectivity index (χ3v) is 0. The summed E-state index contributed by atoms with van der Waals surface area (Å²) in [4.78, 5) is 0. The molecule has 0 aromatic carbocycles. The fraction of sp³-hybridized carbons (Fsp3) is 0. The third kappa shape index (κ3) is 33.2. The summed E-state index contributed by atoms with van der Waals surface area (Å²) in [5.74, 6) is 0. The van der Waals surface area contributed by atoms with Crippen LogP contribution in [0.1, 0.15) is 1.43 Å². The molecule has 0 aliphatic carbocycles. The molecule has 0 fully saturated rings. The maximum absolute atomic E-state index is 6.47. The van der Waals surface area contributed by atoms with Crippen molar-refractivity contribution in [2.24, 2.45) is 0 Å². The normalized spacial score (nSPS) is 1.20. The molecular formula is H7AlClLiO2. The van der Waals surface area contributed by atoms with Crippen LogP contribution in [-0.2, 0) is 0 Å². The van der Waals surface area contributed by atoms with E-state index in [2.05, 4.69) is 11.9 Å². The molecule has 0 spiro atoms. The molecule has 0 aliphatic rings. The standard InChI is InChI=1S/Al.ClHO.Li.H2O.4H/c;1-2;;;;;;/h;2H;;1H2;;;;/q;;+1;;;;;-1. The minimum absolute atomic E-state index is 0. The van der Waals surface area contributed by atoms with Crippen LogP contribution in [0.3, 0.4) is 0 Å². The average Bonchev–Trinajstić information content (AvgIpc) is 1.00. The topological polar surface area (TPSA) is 51.7 Å². The molecular weight excluding hydrogens is 101 g/mol. The van der Waals surface area contributed by atoms with Crippen LogP contribution >= 0.6 is 11.9 Å². The van der Waals surface area contributed by atoms with Gasteiger partial charge in [-0.05, 0) is 0 Å². The zero-order chi connectivity index (χ0) is 2.00. The van der Waals surface area contributed by atoms with Crippen LogP contribution in [0.2, 0.25) is 0 Å². The Morgan fingerprint density at radius 2 is 1.40 bits per heavy atom. The Labute approximate surface area is 59.8 Å². The van der Waals surface area contributed by atoms with E-state index in [1.54, 1.807) is 0 Å². The summed E-state index contributed by atoms with van der Waals surface area (Å²) in [6.45, 7) is 0. The van der Waals surface area contributed by atoms with Gasteiger partial charge in [0.2, 0.25) is 0 Å². The zero-order valence-corrected chi connectivity index (χ0v) is 3.08. The molecule has 0 aromatic heterocycles. The van der Waals surface area contributed by atoms with Crippen LogP contribution in [0.15, 0.2) is 0 Å². The predicted molar refractivity (Wildman–Crippen MR) is 22.7 cm³/mol. The molecule has 0 radical (unpaired) electrons. The van der Waals surface area contributed by atoms with Crippen molar-refractivity contribution in [1.82, 2.24) is 0 Å². The van der Waals surface area contributed by atoms with E-state index in [4.69, 9.17) is 4.66 Å². The molecule has 0 amide bonds.